The zero-order valence-electron chi connectivity index (χ0n) is 9.34. The number of hydrogen-bond acceptors (Lipinski definition) is 1. The highest BCUT2D eigenvalue weighted by molar-refractivity contribution is 4.80. The Morgan fingerprint density at radius 1 is 0.929 bits per heavy atom. The summed E-state index contributed by atoms with van der Waals surface area (Å²) in [5.74, 6) is 0. The second kappa shape index (κ2) is 12.7. The van der Waals surface area contributed by atoms with Gasteiger partial charge in [0.2, 0.25) is 0 Å². The Kier molecular flexibility index (Phi) is 12.4. The second-order valence-corrected chi connectivity index (χ2v) is 3.67. The molecule has 0 aromatic carbocycles. The lowest BCUT2D eigenvalue weighted by Crippen LogP contribution is -1.81. The average molecular weight is 199 g/mol. The zero-order chi connectivity index (χ0) is 10.5. The molecule has 83 valence electrons. The molecular formula is C12H23O2. The highest BCUT2D eigenvalue weighted by atomic mass is 17.1. The molecule has 0 rings (SSSR count). The smallest absolute Gasteiger partial charge is 0.104 e. The van der Waals surface area contributed by atoms with Crippen LogP contribution in [0.2, 0.25) is 0 Å². The van der Waals surface area contributed by atoms with Crippen LogP contribution in [0.15, 0.2) is 12.2 Å². The molecule has 0 atom stereocenters. The van der Waals surface area contributed by atoms with E-state index in [0.717, 1.165) is 6.42 Å². The topological polar surface area (TPSA) is 29.1 Å². The third-order valence-electron chi connectivity index (χ3n) is 2.31. The van der Waals surface area contributed by atoms with Crippen LogP contribution in [0.25, 0.3) is 0 Å². The van der Waals surface area contributed by atoms with E-state index in [0.29, 0.717) is 0 Å². The normalized spacial score (nSPS) is 11.3. The quantitative estimate of drug-likeness (QED) is 0.226. The van der Waals surface area contributed by atoms with E-state index in [-0.39, 0.29) is 6.61 Å². The van der Waals surface area contributed by atoms with Gasteiger partial charge in [0, 0.05) is 0 Å². The zero-order valence-corrected chi connectivity index (χ0v) is 9.34. The van der Waals surface area contributed by atoms with Crippen molar-refractivity contribution in [3.8, 4) is 0 Å². The van der Waals surface area contributed by atoms with Crippen molar-refractivity contribution in [2.75, 3.05) is 6.61 Å². The van der Waals surface area contributed by atoms with Crippen LogP contribution in [0.3, 0.4) is 0 Å². The van der Waals surface area contributed by atoms with E-state index in [4.69, 9.17) is 0 Å². The van der Waals surface area contributed by atoms with Crippen molar-refractivity contribution in [2.24, 2.45) is 0 Å². The van der Waals surface area contributed by atoms with Crippen molar-refractivity contribution >= 4 is 0 Å². The Morgan fingerprint density at radius 2 is 1.57 bits per heavy atom. The van der Waals surface area contributed by atoms with Gasteiger partial charge in [0.25, 0.3) is 0 Å². The highest BCUT2D eigenvalue weighted by Crippen LogP contribution is 2.08. The lowest BCUT2D eigenvalue weighted by Gasteiger charge is -1.98. The van der Waals surface area contributed by atoms with Crippen LogP contribution in [0.1, 0.15) is 58.3 Å². The van der Waals surface area contributed by atoms with Crippen LogP contribution in [0.5, 0.6) is 0 Å². The SMILES string of the molecule is CCCCCCCCC/C=C/CO[O]. The van der Waals surface area contributed by atoms with Gasteiger partial charge < -0.3 is 0 Å². The van der Waals surface area contributed by atoms with Gasteiger partial charge in [-0.25, -0.2) is 0 Å². The predicted molar refractivity (Wildman–Crippen MR) is 58.4 cm³/mol. The number of allylic oxidation sites excluding steroid dienone is 1. The highest BCUT2D eigenvalue weighted by Gasteiger charge is 1.89. The maximum atomic E-state index is 9.61. The molecule has 0 saturated heterocycles. The van der Waals surface area contributed by atoms with Crippen LogP contribution in [0.4, 0.5) is 0 Å². The van der Waals surface area contributed by atoms with E-state index in [2.05, 4.69) is 11.8 Å². The van der Waals surface area contributed by atoms with Crippen molar-refractivity contribution in [2.45, 2.75) is 58.3 Å². The molecule has 0 aliphatic rings. The van der Waals surface area contributed by atoms with Crippen molar-refractivity contribution < 1.29 is 10.1 Å². The second-order valence-electron chi connectivity index (χ2n) is 3.67. The molecule has 0 fully saturated rings. The first kappa shape index (κ1) is 13.7. The van der Waals surface area contributed by atoms with Gasteiger partial charge in [-0.2, -0.15) is 4.89 Å². The lowest BCUT2D eigenvalue weighted by molar-refractivity contribution is -0.294. The third kappa shape index (κ3) is 11.7. The summed E-state index contributed by atoms with van der Waals surface area (Å²) in [7, 11) is 0. The molecule has 0 aliphatic carbocycles. The third-order valence-corrected chi connectivity index (χ3v) is 2.31. The molecule has 1 radical (unpaired) electrons. The van der Waals surface area contributed by atoms with Gasteiger partial charge in [-0.1, -0.05) is 57.6 Å². The van der Waals surface area contributed by atoms with Crippen molar-refractivity contribution in [1.82, 2.24) is 0 Å². The Balaban J connectivity index is 2.91. The molecular weight excluding hydrogens is 176 g/mol. The fourth-order valence-electron chi connectivity index (χ4n) is 1.44. The van der Waals surface area contributed by atoms with Crippen molar-refractivity contribution in [3.05, 3.63) is 12.2 Å². The minimum absolute atomic E-state index is 0.205. The monoisotopic (exact) mass is 199 g/mol. The van der Waals surface area contributed by atoms with E-state index in [9.17, 15) is 5.26 Å². The van der Waals surface area contributed by atoms with Crippen LogP contribution in [-0.4, -0.2) is 6.61 Å². The molecule has 0 heterocycles. The molecule has 0 N–H and O–H groups in total. The average Bonchev–Trinajstić information content (AvgIpc) is 2.21. The Hall–Kier alpha value is -0.340. The summed E-state index contributed by atoms with van der Waals surface area (Å²) in [5, 5.41) is 9.61. The molecule has 2 nitrogen and oxygen atoms in total. The molecule has 0 spiro atoms. The van der Waals surface area contributed by atoms with Crippen molar-refractivity contribution in [3.63, 3.8) is 0 Å². The number of unbranched alkanes of at least 4 members (excludes halogenated alkanes) is 7. The minimum atomic E-state index is 0.205. The van der Waals surface area contributed by atoms with Crippen LogP contribution in [0, 0.1) is 0 Å². The largest absolute Gasteiger partial charge is 0.200 e. The standard InChI is InChI=1S/C12H23O2/c1-2-3-4-5-6-7-8-9-10-11-12-14-13/h10-11H,2-9,12H2,1H3/b11-10+. The Labute approximate surface area is 87.9 Å². The van der Waals surface area contributed by atoms with E-state index in [1.807, 2.05) is 6.08 Å². The summed E-state index contributed by atoms with van der Waals surface area (Å²) >= 11 is 0. The Morgan fingerprint density at radius 3 is 2.21 bits per heavy atom. The number of hydrogen-bond donors (Lipinski definition) is 0. The van der Waals surface area contributed by atoms with E-state index in [1.165, 1.54) is 44.9 Å². The van der Waals surface area contributed by atoms with Gasteiger partial charge >= 0.3 is 0 Å². The van der Waals surface area contributed by atoms with Crippen LogP contribution >= 0.6 is 0 Å². The fraction of sp³-hybridized carbons (Fsp3) is 0.833. The molecule has 14 heavy (non-hydrogen) atoms. The van der Waals surface area contributed by atoms with Gasteiger partial charge in [0.15, 0.2) is 0 Å². The van der Waals surface area contributed by atoms with Gasteiger partial charge in [-0.3, -0.25) is 0 Å². The summed E-state index contributed by atoms with van der Waals surface area (Å²) in [5.41, 5.74) is 0. The van der Waals surface area contributed by atoms with E-state index < -0.39 is 0 Å². The van der Waals surface area contributed by atoms with Crippen molar-refractivity contribution in [1.29, 1.82) is 0 Å². The first-order valence-corrected chi connectivity index (χ1v) is 5.81. The molecule has 0 amide bonds. The maximum absolute atomic E-state index is 9.61. The maximum Gasteiger partial charge on any atom is 0.104 e. The van der Waals surface area contributed by atoms with E-state index >= 15 is 0 Å². The summed E-state index contributed by atoms with van der Waals surface area (Å²) < 4.78 is 0. The Bertz CT molecular complexity index is 121. The van der Waals surface area contributed by atoms with Gasteiger partial charge in [0.1, 0.15) is 6.61 Å². The van der Waals surface area contributed by atoms with Gasteiger partial charge in [-0.15, -0.1) is 0 Å². The van der Waals surface area contributed by atoms with Crippen LogP contribution in [-0.2, 0) is 10.1 Å². The molecule has 0 bridgehead atoms. The summed E-state index contributed by atoms with van der Waals surface area (Å²) in [6.07, 6.45) is 14.3. The summed E-state index contributed by atoms with van der Waals surface area (Å²) in [6, 6.07) is 0. The number of rotatable bonds is 10. The molecule has 0 aromatic heterocycles. The molecule has 0 saturated carbocycles. The molecule has 0 aliphatic heterocycles. The molecule has 2 heteroatoms. The molecule has 0 aromatic rings. The summed E-state index contributed by atoms with van der Waals surface area (Å²) in [4.78, 5) is 3.68. The molecule has 0 unspecified atom stereocenters. The lowest BCUT2D eigenvalue weighted by atomic mass is 10.1. The first-order chi connectivity index (χ1) is 6.91. The summed E-state index contributed by atoms with van der Waals surface area (Å²) in [6.45, 7) is 2.44. The first-order valence-electron chi connectivity index (χ1n) is 5.81. The minimum Gasteiger partial charge on any atom is -0.200 e. The van der Waals surface area contributed by atoms with Gasteiger partial charge in [-0.05, 0) is 18.1 Å². The predicted octanol–water partition coefficient (Wildman–Crippen LogP) is 4.05. The van der Waals surface area contributed by atoms with Gasteiger partial charge in [0.05, 0.1) is 0 Å². The fourth-order valence-corrected chi connectivity index (χ4v) is 1.44. The van der Waals surface area contributed by atoms with Crippen LogP contribution < -0.4 is 0 Å². The van der Waals surface area contributed by atoms with E-state index in [1.54, 1.807) is 6.08 Å².